The Morgan fingerprint density at radius 3 is 2.44 bits per heavy atom. The molecule has 0 saturated heterocycles. The number of para-hydroxylation sites is 2. The Bertz CT molecular complexity index is 1810. The highest BCUT2D eigenvalue weighted by Gasteiger charge is 2.16. The van der Waals surface area contributed by atoms with Crippen LogP contribution in [0, 0.1) is 13.8 Å². The molecule has 0 bridgehead atoms. The van der Waals surface area contributed by atoms with Crippen molar-refractivity contribution in [3.8, 4) is 17.1 Å². The average molecular weight is 559 g/mol. The maximum atomic E-state index is 12.8. The first-order chi connectivity index (χ1) is 20.0. The molecule has 0 unspecified atom stereocenters. The molecular weight excluding hydrogens is 532 g/mol. The van der Waals surface area contributed by atoms with Crippen LogP contribution in [0.4, 0.5) is 0 Å². The van der Waals surface area contributed by atoms with Crippen molar-refractivity contribution in [1.82, 2.24) is 25.2 Å². The van der Waals surface area contributed by atoms with Gasteiger partial charge >= 0.3 is 0 Å². The van der Waals surface area contributed by atoms with E-state index >= 15 is 0 Å². The number of amides is 1. The number of furan rings is 1. The molecule has 41 heavy (non-hydrogen) atoms. The number of carbonyl (C=O) groups is 1. The number of carbonyl (C=O) groups excluding carboxylic acids is 1. The summed E-state index contributed by atoms with van der Waals surface area (Å²) in [6.45, 7) is 3.92. The molecule has 0 spiro atoms. The fourth-order valence-electron chi connectivity index (χ4n) is 4.37. The van der Waals surface area contributed by atoms with Crippen molar-refractivity contribution in [2.45, 2.75) is 24.8 Å². The second-order valence-electron chi connectivity index (χ2n) is 9.48. The summed E-state index contributed by atoms with van der Waals surface area (Å²) in [7, 11) is 0. The van der Waals surface area contributed by atoms with Crippen molar-refractivity contribution in [2.24, 2.45) is 5.10 Å². The fraction of sp³-hybridized carbons (Fsp3) is 0.0938. The number of hydrogen-bond acceptors (Lipinski definition) is 7. The van der Waals surface area contributed by atoms with Crippen LogP contribution in [0.15, 0.2) is 112 Å². The Hall–Kier alpha value is -5.02. The Labute approximate surface area is 241 Å². The van der Waals surface area contributed by atoms with Gasteiger partial charge in [0.15, 0.2) is 10.9 Å². The summed E-state index contributed by atoms with van der Waals surface area (Å²) in [4.78, 5) is 21.7. The second-order valence-corrected chi connectivity index (χ2v) is 10.4. The van der Waals surface area contributed by atoms with E-state index in [1.807, 2.05) is 98.9 Å². The number of thioether (sulfide) groups is 1. The molecule has 0 aliphatic rings. The maximum Gasteiger partial charge on any atom is 0.271 e. The summed E-state index contributed by atoms with van der Waals surface area (Å²) in [5.74, 6) is 1.02. The van der Waals surface area contributed by atoms with E-state index in [1.165, 1.54) is 0 Å². The largest absolute Gasteiger partial charge is 0.454 e. The van der Waals surface area contributed by atoms with E-state index in [2.05, 4.69) is 20.5 Å². The minimum Gasteiger partial charge on any atom is -0.454 e. The van der Waals surface area contributed by atoms with E-state index in [9.17, 15) is 4.79 Å². The van der Waals surface area contributed by atoms with Crippen LogP contribution in [-0.2, 0) is 5.75 Å². The summed E-state index contributed by atoms with van der Waals surface area (Å²) in [6, 6.07) is 28.9. The van der Waals surface area contributed by atoms with Crippen molar-refractivity contribution in [1.29, 1.82) is 0 Å². The Morgan fingerprint density at radius 2 is 1.68 bits per heavy atom. The smallest absolute Gasteiger partial charge is 0.271 e. The fourth-order valence-corrected chi connectivity index (χ4v) is 5.27. The number of fused-ring (bicyclic) bond motifs is 1. The third-order valence-corrected chi connectivity index (χ3v) is 7.26. The van der Waals surface area contributed by atoms with E-state index < -0.39 is 0 Å². The van der Waals surface area contributed by atoms with Crippen LogP contribution in [0.5, 0.6) is 0 Å². The lowest BCUT2D eigenvalue weighted by atomic mass is 10.1. The average Bonchev–Trinajstić information content (AvgIpc) is 3.61. The van der Waals surface area contributed by atoms with Crippen molar-refractivity contribution >= 4 is 34.9 Å². The monoisotopic (exact) mass is 558 g/mol. The Morgan fingerprint density at radius 1 is 0.951 bits per heavy atom. The molecule has 9 heteroatoms. The number of nitrogens with one attached hydrogen (secondary N) is 1. The van der Waals surface area contributed by atoms with Gasteiger partial charge in [0, 0.05) is 39.9 Å². The van der Waals surface area contributed by atoms with Gasteiger partial charge in [-0.15, -0.1) is 0 Å². The number of rotatable bonds is 8. The van der Waals surface area contributed by atoms with Gasteiger partial charge in [-0.3, -0.25) is 4.79 Å². The highest BCUT2D eigenvalue weighted by atomic mass is 32.2. The summed E-state index contributed by atoms with van der Waals surface area (Å²) >= 11 is 1.57. The molecule has 0 atom stereocenters. The highest BCUT2D eigenvalue weighted by Crippen LogP contribution is 2.29. The summed E-state index contributed by atoms with van der Waals surface area (Å²) in [5, 5.41) is 10.7. The highest BCUT2D eigenvalue weighted by molar-refractivity contribution is 7.98. The lowest BCUT2D eigenvalue weighted by molar-refractivity contribution is 0.0955. The molecule has 0 saturated carbocycles. The molecule has 0 aliphatic heterocycles. The number of nitrogens with zero attached hydrogens (tertiary/aromatic N) is 5. The molecule has 3 aromatic heterocycles. The molecule has 6 aromatic rings. The Balaban J connectivity index is 1.17. The predicted molar refractivity (Wildman–Crippen MR) is 161 cm³/mol. The van der Waals surface area contributed by atoms with E-state index in [4.69, 9.17) is 9.52 Å². The van der Waals surface area contributed by atoms with E-state index in [1.54, 1.807) is 34.8 Å². The first kappa shape index (κ1) is 26.2. The van der Waals surface area contributed by atoms with Crippen molar-refractivity contribution in [3.05, 3.63) is 125 Å². The first-order valence-electron chi connectivity index (χ1n) is 13.0. The van der Waals surface area contributed by atoms with Gasteiger partial charge in [0.05, 0.1) is 11.9 Å². The van der Waals surface area contributed by atoms with Gasteiger partial charge in [0.2, 0.25) is 0 Å². The van der Waals surface area contributed by atoms with Gasteiger partial charge in [0.1, 0.15) is 11.3 Å². The number of hydrazone groups is 1. The zero-order valence-corrected chi connectivity index (χ0v) is 23.3. The van der Waals surface area contributed by atoms with Crippen LogP contribution in [-0.4, -0.2) is 31.9 Å². The zero-order valence-electron chi connectivity index (χ0n) is 22.5. The molecule has 202 valence electrons. The summed E-state index contributed by atoms with van der Waals surface area (Å²) in [6.07, 6.45) is 3.45. The van der Waals surface area contributed by atoms with Crippen molar-refractivity contribution in [2.75, 3.05) is 0 Å². The molecule has 8 nitrogen and oxygen atoms in total. The van der Waals surface area contributed by atoms with E-state index in [-0.39, 0.29) is 5.91 Å². The molecule has 3 heterocycles. The molecule has 0 fully saturated rings. The molecule has 0 aliphatic carbocycles. The topological polar surface area (TPSA) is 98.2 Å². The van der Waals surface area contributed by atoms with E-state index in [0.29, 0.717) is 28.3 Å². The Kier molecular flexibility index (Phi) is 7.42. The van der Waals surface area contributed by atoms with Crippen molar-refractivity contribution in [3.63, 3.8) is 0 Å². The molecular formula is C32H26N6O2S. The van der Waals surface area contributed by atoms with Crippen LogP contribution < -0.4 is 5.43 Å². The molecule has 1 N–H and O–H groups in total. The van der Waals surface area contributed by atoms with E-state index in [0.717, 1.165) is 38.8 Å². The second kappa shape index (κ2) is 11.6. The number of aryl methyl sites for hydroxylation is 2. The minimum atomic E-state index is -0.307. The first-order valence-corrected chi connectivity index (χ1v) is 14.0. The third-order valence-electron chi connectivity index (χ3n) is 6.34. The summed E-state index contributed by atoms with van der Waals surface area (Å²) < 4.78 is 7.85. The zero-order chi connectivity index (χ0) is 28.2. The van der Waals surface area contributed by atoms with Gasteiger partial charge < -0.3 is 4.42 Å². The van der Waals surface area contributed by atoms with Gasteiger partial charge in [0.25, 0.3) is 5.91 Å². The SMILES string of the molecule is Cc1cc(C)nc(SCc2ccc(C(=O)N/N=C/c3cn(-c4ccccc4)nc3-c3cc4ccccc4o3)cc2)n1. The molecule has 3 aromatic carbocycles. The van der Waals surface area contributed by atoms with Crippen LogP contribution in [0.3, 0.4) is 0 Å². The minimum absolute atomic E-state index is 0.307. The number of benzene rings is 3. The normalized spacial score (nSPS) is 11.4. The summed E-state index contributed by atoms with van der Waals surface area (Å²) in [5.41, 5.74) is 9.11. The standard InChI is InChI=1S/C32H26N6O2S/c1-21-16-22(2)35-32(34-21)41-20-23-12-14-24(15-13-23)31(39)36-33-18-26-19-38(27-9-4-3-5-10-27)37-30(26)29-17-25-8-6-7-11-28(25)40-29/h3-19H,20H2,1-2H3,(H,36,39)/b33-18+. The van der Waals surface area contributed by atoms with Crippen LogP contribution >= 0.6 is 11.8 Å². The predicted octanol–water partition coefficient (Wildman–Crippen LogP) is 6.75. The number of hydrogen-bond donors (Lipinski definition) is 1. The van der Waals surface area contributed by atoms with Crippen LogP contribution in [0.25, 0.3) is 28.1 Å². The third kappa shape index (κ3) is 6.10. The van der Waals surface area contributed by atoms with Gasteiger partial charge in [-0.05, 0) is 61.9 Å². The number of aromatic nitrogens is 4. The lowest BCUT2D eigenvalue weighted by Gasteiger charge is -2.05. The quantitative estimate of drug-likeness (QED) is 0.0961. The van der Waals surface area contributed by atoms with Gasteiger partial charge in [-0.1, -0.05) is 60.3 Å². The molecule has 6 rings (SSSR count). The van der Waals surface area contributed by atoms with Crippen LogP contribution in [0.1, 0.15) is 32.9 Å². The maximum absolute atomic E-state index is 12.8. The lowest BCUT2D eigenvalue weighted by Crippen LogP contribution is -2.17. The van der Waals surface area contributed by atoms with Gasteiger partial charge in [-0.25, -0.2) is 20.1 Å². The van der Waals surface area contributed by atoms with Crippen LogP contribution in [0.2, 0.25) is 0 Å². The van der Waals surface area contributed by atoms with Gasteiger partial charge in [-0.2, -0.15) is 10.2 Å². The molecule has 0 radical (unpaired) electrons. The van der Waals surface area contributed by atoms with Crippen molar-refractivity contribution < 1.29 is 9.21 Å². The molecule has 1 amide bonds.